The number of benzene rings is 1. The third-order valence-electron chi connectivity index (χ3n) is 4.59. The Morgan fingerprint density at radius 2 is 2.05 bits per heavy atom. The van der Waals surface area contributed by atoms with Gasteiger partial charge in [-0.15, -0.1) is 0 Å². The van der Waals surface area contributed by atoms with E-state index in [2.05, 4.69) is 24.4 Å². The van der Waals surface area contributed by atoms with E-state index in [0.29, 0.717) is 11.7 Å². The Balaban J connectivity index is 1.51. The number of fused-ring (bicyclic) bond motifs is 1. The number of hydrogen-bond acceptors (Lipinski definition) is 3. The first-order valence-corrected chi connectivity index (χ1v) is 7.34. The predicted octanol–water partition coefficient (Wildman–Crippen LogP) is 3.47. The Hall–Kier alpha value is -1.74. The standard InChI is InChI=1S/C17H19NO2/c1-10-8-12(10)15-6-7-16(20-15)17(19)14-9-11-4-2-3-5-13(11)18-14/h2-7,10,12,14,17-19H,8-9H2,1H3. The minimum absolute atomic E-state index is 0.00280. The normalized spacial score (nSPS) is 28.8. The summed E-state index contributed by atoms with van der Waals surface area (Å²) in [6.45, 7) is 2.23. The molecule has 3 heteroatoms. The average molecular weight is 269 g/mol. The van der Waals surface area contributed by atoms with Gasteiger partial charge in [0.05, 0.1) is 6.04 Å². The lowest BCUT2D eigenvalue weighted by atomic mass is 10.0. The van der Waals surface area contributed by atoms with Crippen molar-refractivity contribution in [1.82, 2.24) is 0 Å². The molecule has 0 bridgehead atoms. The molecule has 2 aliphatic rings. The smallest absolute Gasteiger partial charge is 0.134 e. The summed E-state index contributed by atoms with van der Waals surface area (Å²) in [6, 6.07) is 12.2. The van der Waals surface area contributed by atoms with Gasteiger partial charge in [0, 0.05) is 11.6 Å². The van der Waals surface area contributed by atoms with Crippen LogP contribution in [0.15, 0.2) is 40.8 Å². The Bertz CT molecular complexity index is 608. The zero-order chi connectivity index (χ0) is 13.7. The molecule has 104 valence electrons. The molecule has 1 aromatic heterocycles. The first-order valence-electron chi connectivity index (χ1n) is 7.34. The van der Waals surface area contributed by atoms with Gasteiger partial charge in [-0.25, -0.2) is 0 Å². The molecule has 1 aliphatic carbocycles. The Morgan fingerprint density at radius 3 is 2.80 bits per heavy atom. The fourth-order valence-electron chi connectivity index (χ4n) is 3.16. The summed E-state index contributed by atoms with van der Waals surface area (Å²) in [5.41, 5.74) is 2.39. The van der Waals surface area contributed by atoms with Crippen molar-refractivity contribution in [2.24, 2.45) is 5.92 Å². The highest BCUT2D eigenvalue weighted by atomic mass is 16.4. The molecule has 2 aromatic rings. The van der Waals surface area contributed by atoms with Crippen molar-refractivity contribution in [1.29, 1.82) is 0 Å². The van der Waals surface area contributed by atoms with Gasteiger partial charge in [0.2, 0.25) is 0 Å². The molecule has 0 radical (unpaired) electrons. The fourth-order valence-corrected chi connectivity index (χ4v) is 3.16. The molecule has 3 nitrogen and oxygen atoms in total. The van der Waals surface area contributed by atoms with Crippen molar-refractivity contribution in [3.63, 3.8) is 0 Å². The van der Waals surface area contributed by atoms with Crippen LogP contribution in [-0.4, -0.2) is 11.1 Å². The fraction of sp³-hybridized carbons (Fsp3) is 0.412. The van der Waals surface area contributed by atoms with Gasteiger partial charge >= 0.3 is 0 Å². The maximum atomic E-state index is 10.5. The van der Waals surface area contributed by atoms with Crippen molar-refractivity contribution >= 4 is 5.69 Å². The molecule has 0 amide bonds. The molecule has 2 heterocycles. The van der Waals surface area contributed by atoms with E-state index in [4.69, 9.17) is 4.42 Å². The van der Waals surface area contributed by atoms with Gasteiger partial charge in [0.1, 0.15) is 17.6 Å². The first kappa shape index (κ1) is 12.0. The Morgan fingerprint density at radius 1 is 1.25 bits per heavy atom. The van der Waals surface area contributed by atoms with Crippen LogP contribution >= 0.6 is 0 Å². The number of nitrogens with one attached hydrogen (secondary N) is 1. The summed E-state index contributed by atoms with van der Waals surface area (Å²) < 4.78 is 5.86. The number of hydrogen-bond donors (Lipinski definition) is 2. The highest BCUT2D eigenvalue weighted by Crippen LogP contribution is 2.48. The SMILES string of the molecule is CC1CC1c1ccc(C(O)C2Cc3ccccc3N2)o1. The van der Waals surface area contributed by atoms with Crippen LogP contribution in [-0.2, 0) is 6.42 Å². The van der Waals surface area contributed by atoms with E-state index in [9.17, 15) is 5.11 Å². The van der Waals surface area contributed by atoms with Gasteiger partial charge in [0.15, 0.2) is 0 Å². The van der Waals surface area contributed by atoms with E-state index in [1.54, 1.807) is 0 Å². The zero-order valence-corrected chi connectivity index (χ0v) is 11.5. The summed E-state index contributed by atoms with van der Waals surface area (Å²) in [5.74, 6) is 3.00. The molecule has 4 atom stereocenters. The second-order valence-corrected chi connectivity index (χ2v) is 6.12. The predicted molar refractivity (Wildman–Crippen MR) is 77.7 cm³/mol. The van der Waals surface area contributed by atoms with Gasteiger partial charge in [-0.3, -0.25) is 0 Å². The van der Waals surface area contributed by atoms with E-state index in [-0.39, 0.29) is 6.04 Å². The summed E-state index contributed by atoms with van der Waals surface area (Å²) in [5, 5.41) is 13.9. The molecule has 20 heavy (non-hydrogen) atoms. The molecule has 2 N–H and O–H groups in total. The Labute approximate surface area is 118 Å². The topological polar surface area (TPSA) is 45.4 Å². The minimum Gasteiger partial charge on any atom is -0.463 e. The number of aliphatic hydroxyl groups excluding tert-OH is 1. The molecule has 1 fully saturated rings. The van der Waals surface area contributed by atoms with Gasteiger partial charge in [-0.1, -0.05) is 25.1 Å². The lowest BCUT2D eigenvalue weighted by Gasteiger charge is -2.16. The maximum absolute atomic E-state index is 10.5. The van der Waals surface area contributed by atoms with Crippen LogP contribution in [0.5, 0.6) is 0 Å². The third kappa shape index (κ3) is 1.93. The number of furan rings is 1. The van der Waals surface area contributed by atoms with Crippen LogP contribution in [0.3, 0.4) is 0 Å². The third-order valence-corrected chi connectivity index (χ3v) is 4.59. The van der Waals surface area contributed by atoms with Crippen LogP contribution in [0.2, 0.25) is 0 Å². The summed E-state index contributed by atoms with van der Waals surface area (Å²) in [4.78, 5) is 0. The second-order valence-electron chi connectivity index (χ2n) is 6.12. The van der Waals surface area contributed by atoms with Crippen LogP contribution < -0.4 is 5.32 Å². The monoisotopic (exact) mass is 269 g/mol. The largest absolute Gasteiger partial charge is 0.463 e. The molecular weight excluding hydrogens is 250 g/mol. The van der Waals surface area contributed by atoms with Crippen molar-refractivity contribution in [2.75, 3.05) is 5.32 Å². The minimum atomic E-state index is -0.592. The molecule has 4 rings (SSSR count). The number of para-hydroxylation sites is 1. The van der Waals surface area contributed by atoms with E-state index in [0.717, 1.165) is 23.8 Å². The molecule has 1 saturated carbocycles. The van der Waals surface area contributed by atoms with Crippen molar-refractivity contribution < 1.29 is 9.52 Å². The van der Waals surface area contributed by atoms with Gasteiger partial charge in [0.25, 0.3) is 0 Å². The molecule has 0 saturated heterocycles. The average Bonchev–Trinajstić information content (AvgIpc) is 2.93. The first-order chi connectivity index (χ1) is 9.72. The van der Waals surface area contributed by atoms with Crippen molar-refractivity contribution in [3.8, 4) is 0 Å². The highest BCUT2D eigenvalue weighted by Gasteiger charge is 2.37. The lowest BCUT2D eigenvalue weighted by Crippen LogP contribution is -2.24. The lowest BCUT2D eigenvalue weighted by molar-refractivity contribution is 0.128. The molecule has 0 spiro atoms. The molecule has 1 aromatic carbocycles. The molecular formula is C17H19NO2. The van der Waals surface area contributed by atoms with E-state index in [1.807, 2.05) is 24.3 Å². The maximum Gasteiger partial charge on any atom is 0.134 e. The summed E-state index contributed by atoms with van der Waals surface area (Å²) in [7, 11) is 0. The summed E-state index contributed by atoms with van der Waals surface area (Å²) in [6.07, 6.45) is 1.45. The number of anilines is 1. The number of rotatable bonds is 3. The zero-order valence-electron chi connectivity index (χ0n) is 11.5. The molecule has 4 unspecified atom stereocenters. The van der Waals surface area contributed by atoms with Crippen molar-refractivity contribution in [3.05, 3.63) is 53.5 Å². The Kier molecular flexibility index (Phi) is 2.64. The van der Waals surface area contributed by atoms with Gasteiger partial charge in [-0.05, 0) is 42.5 Å². The number of aliphatic hydroxyl groups is 1. The second kappa shape index (κ2) is 4.38. The van der Waals surface area contributed by atoms with Crippen LogP contribution in [0, 0.1) is 5.92 Å². The quantitative estimate of drug-likeness (QED) is 0.896. The summed E-state index contributed by atoms with van der Waals surface area (Å²) >= 11 is 0. The van der Waals surface area contributed by atoms with E-state index in [1.165, 1.54) is 12.0 Å². The van der Waals surface area contributed by atoms with E-state index >= 15 is 0 Å². The van der Waals surface area contributed by atoms with E-state index < -0.39 is 6.10 Å². The van der Waals surface area contributed by atoms with Crippen LogP contribution in [0.1, 0.15) is 42.5 Å². The van der Waals surface area contributed by atoms with Crippen molar-refractivity contribution in [2.45, 2.75) is 37.8 Å². The van der Waals surface area contributed by atoms with Crippen LogP contribution in [0.4, 0.5) is 5.69 Å². The van der Waals surface area contributed by atoms with Crippen LogP contribution in [0.25, 0.3) is 0 Å². The molecule has 1 aliphatic heterocycles. The highest BCUT2D eigenvalue weighted by molar-refractivity contribution is 5.57. The van der Waals surface area contributed by atoms with Gasteiger partial charge in [-0.2, -0.15) is 0 Å². The van der Waals surface area contributed by atoms with Gasteiger partial charge < -0.3 is 14.8 Å².